The van der Waals surface area contributed by atoms with Crippen molar-refractivity contribution in [1.29, 1.82) is 0 Å². The number of pyridine rings is 1. The van der Waals surface area contributed by atoms with Gasteiger partial charge in [-0.1, -0.05) is 6.92 Å². The van der Waals surface area contributed by atoms with Gasteiger partial charge in [-0.2, -0.15) is 5.10 Å². The molecule has 0 aliphatic carbocycles. The van der Waals surface area contributed by atoms with Crippen molar-refractivity contribution in [3.05, 3.63) is 45.7 Å². The van der Waals surface area contributed by atoms with Gasteiger partial charge in [0.05, 0.1) is 22.1 Å². The van der Waals surface area contributed by atoms with Gasteiger partial charge < -0.3 is 5.32 Å². The molecule has 2 aromatic rings. The van der Waals surface area contributed by atoms with E-state index in [2.05, 4.69) is 31.3 Å². The Labute approximate surface area is 126 Å². The van der Waals surface area contributed by atoms with Crippen LogP contribution in [-0.4, -0.2) is 21.3 Å². The SMILES string of the molecule is CCNC(Cc1c(Br)c(C)nn1C)c1ccncc1F. The van der Waals surface area contributed by atoms with Gasteiger partial charge in [0, 0.05) is 31.3 Å². The molecule has 108 valence electrons. The first-order chi connectivity index (χ1) is 9.54. The Balaban J connectivity index is 2.33. The van der Waals surface area contributed by atoms with Crippen LogP contribution >= 0.6 is 15.9 Å². The van der Waals surface area contributed by atoms with E-state index in [1.54, 1.807) is 12.3 Å². The lowest BCUT2D eigenvalue weighted by Gasteiger charge is -2.19. The normalized spacial score (nSPS) is 12.7. The molecule has 2 heterocycles. The smallest absolute Gasteiger partial charge is 0.146 e. The second kappa shape index (κ2) is 6.45. The standard InChI is InChI=1S/C14H18BrFN4/c1-4-18-12(10-5-6-17-8-11(10)16)7-13-14(15)9(2)19-20(13)3/h5-6,8,12,18H,4,7H2,1-3H3. The van der Waals surface area contributed by atoms with Gasteiger partial charge in [-0.15, -0.1) is 0 Å². The van der Waals surface area contributed by atoms with Gasteiger partial charge in [-0.05, 0) is 35.5 Å². The van der Waals surface area contributed by atoms with E-state index in [4.69, 9.17) is 0 Å². The summed E-state index contributed by atoms with van der Waals surface area (Å²) < 4.78 is 16.8. The lowest BCUT2D eigenvalue weighted by Crippen LogP contribution is -2.25. The van der Waals surface area contributed by atoms with E-state index >= 15 is 0 Å². The van der Waals surface area contributed by atoms with Gasteiger partial charge in [0.2, 0.25) is 0 Å². The molecule has 0 amide bonds. The van der Waals surface area contributed by atoms with Crippen LogP contribution in [0.3, 0.4) is 0 Å². The molecule has 6 heteroatoms. The number of nitrogens with zero attached hydrogens (tertiary/aromatic N) is 3. The molecule has 2 aromatic heterocycles. The maximum Gasteiger partial charge on any atom is 0.146 e. The molecule has 1 unspecified atom stereocenters. The molecule has 20 heavy (non-hydrogen) atoms. The first-order valence-electron chi connectivity index (χ1n) is 6.55. The first kappa shape index (κ1) is 15.1. The molecular formula is C14H18BrFN4. The highest BCUT2D eigenvalue weighted by molar-refractivity contribution is 9.10. The van der Waals surface area contributed by atoms with Gasteiger partial charge in [-0.25, -0.2) is 4.39 Å². The van der Waals surface area contributed by atoms with E-state index in [9.17, 15) is 4.39 Å². The topological polar surface area (TPSA) is 42.7 Å². The van der Waals surface area contributed by atoms with Crippen molar-refractivity contribution in [2.24, 2.45) is 7.05 Å². The third-order valence-electron chi connectivity index (χ3n) is 3.29. The van der Waals surface area contributed by atoms with Crippen LogP contribution in [0.1, 0.15) is 29.9 Å². The molecule has 1 N–H and O–H groups in total. The molecule has 0 aliphatic heterocycles. The van der Waals surface area contributed by atoms with Gasteiger partial charge in [0.25, 0.3) is 0 Å². The number of nitrogens with one attached hydrogen (secondary N) is 1. The molecule has 0 aliphatic rings. The fourth-order valence-electron chi connectivity index (χ4n) is 2.30. The minimum atomic E-state index is -0.284. The van der Waals surface area contributed by atoms with Gasteiger partial charge >= 0.3 is 0 Å². The van der Waals surface area contributed by atoms with Crippen molar-refractivity contribution >= 4 is 15.9 Å². The highest BCUT2D eigenvalue weighted by Crippen LogP contribution is 2.26. The van der Waals surface area contributed by atoms with Gasteiger partial charge in [0.1, 0.15) is 5.82 Å². The zero-order valence-corrected chi connectivity index (χ0v) is 13.4. The Morgan fingerprint density at radius 2 is 2.25 bits per heavy atom. The average molecular weight is 341 g/mol. The third kappa shape index (κ3) is 3.07. The van der Waals surface area contributed by atoms with Crippen molar-refractivity contribution in [2.45, 2.75) is 26.3 Å². The predicted octanol–water partition coefficient (Wildman–Crippen LogP) is 2.92. The number of aryl methyl sites for hydroxylation is 2. The minimum Gasteiger partial charge on any atom is -0.310 e. The van der Waals surface area contributed by atoms with Crippen LogP contribution in [0.15, 0.2) is 22.9 Å². The summed E-state index contributed by atoms with van der Waals surface area (Å²) in [5.41, 5.74) is 2.62. The maximum atomic E-state index is 13.9. The van der Waals surface area contributed by atoms with Crippen molar-refractivity contribution in [3.63, 3.8) is 0 Å². The fraction of sp³-hybridized carbons (Fsp3) is 0.429. The molecular weight excluding hydrogens is 323 g/mol. The summed E-state index contributed by atoms with van der Waals surface area (Å²) >= 11 is 3.55. The molecule has 0 saturated carbocycles. The quantitative estimate of drug-likeness (QED) is 0.909. The number of likely N-dealkylation sites (N-methyl/N-ethyl adjacent to an activating group) is 1. The van der Waals surface area contributed by atoms with Crippen LogP contribution in [-0.2, 0) is 13.5 Å². The van der Waals surface area contributed by atoms with Crippen LogP contribution in [0.25, 0.3) is 0 Å². The Bertz CT molecular complexity index is 597. The summed E-state index contributed by atoms with van der Waals surface area (Å²) in [7, 11) is 1.90. The zero-order valence-electron chi connectivity index (χ0n) is 11.8. The summed E-state index contributed by atoms with van der Waals surface area (Å²) in [5, 5.41) is 7.70. The Hall–Kier alpha value is -1.27. The van der Waals surface area contributed by atoms with Crippen LogP contribution in [0.5, 0.6) is 0 Å². The summed E-state index contributed by atoms with van der Waals surface area (Å²) in [6, 6.07) is 1.62. The molecule has 4 nitrogen and oxygen atoms in total. The summed E-state index contributed by atoms with van der Waals surface area (Å²) in [4.78, 5) is 3.80. The fourth-order valence-corrected chi connectivity index (χ4v) is 2.80. The molecule has 0 spiro atoms. The lowest BCUT2D eigenvalue weighted by atomic mass is 10.0. The van der Waals surface area contributed by atoms with Crippen molar-refractivity contribution in [3.8, 4) is 0 Å². The number of hydrogen-bond donors (Lipinski definition) is 1. The molecule has 0 radical (unpaired) electrons. The van der Waals surface area contributed by atoms with E-state index in [1.165, 1.54) is 6.20 Å². The second-order valence-electron chi connectivity index (χ2n) is 4.68. The maximum absolute atomic E-state index is 13.9. The number of rotatable bonds is 5. The van der Waals surface area contributed by atoms with E-state index < -0.39 is 0 Å². The largest absolute Gasteiger partial charge is 0.310 e. The Kier molecular flexibility index (Phi) is 4.88. The highest BCUT2D eigenvalue weighted by Gasteiger charge is 2.20. The average Bonchev–Trinajstić information content (AvgIpc) is 2.65. The number of halogens is 2. The van der Waals surface area contributed by atoms with E-state index in [0.29, 0.717) is 12.0 Å². The van der Waals surface area contributed by atoms with Crippen molar-refractivity contribution in [2.75, 3.05) is 6.54 Å². The molecule has 2 rings (SSSR count). The Morgan fingerprint density at radius 1 is 1.50 bits per heavy atom. The molecule has 1 atom stereocenters. The Morgan fingerprint density at radius 3 is 2.80 bits per heavy atom. The number of hydrogen-bond acceptors (Lipinski definition) is 3. The first-order valence-corrected chi connectivity index (χ1v) is 7.34. The van der Waals surface area contributed by atoms with Gasteiger partial charge in [0.15, 0.2) is 0 Å². The summed E-state index contributed by atoms with van der Waals surface area (Å²) in [5.74, 6) is -0.284. The summed E-state index contributed by atoms with van der Waals surface area (Å²) in [6.07, 6.45) is 3.53. The lowest BCUT2D eigenvalue weighted by molar-refractivity contribution is 0.494. The van der Waals surface area contributed by atoms with Crippen LogP contribution < -0.4 is 5.32 Å². The van der Waals surface area contributed by atoms with Crippen LogP contribution in [0.4, 0.5) is 4.39 Å². The number of aromatic nitrogens is 3. The molecule has 0 aromatic carbocycles. The molecule has 0 fully saturated rings. The van der Waals surface area contributed by atoms with Crippen molar-refractivity contribution < 1.29 is 4.39 Å². The zero-order chi connectivity index (χ0) is 14.7. The van der Waals surface area contributed by atoms with Crippen molar-refractivity contribution in [1.82, 2.24) is 20.1 Å². The second-order valence-corrected chi connectivity index (χ2v) is 5.47. The predicted molar refractivity (Wildman–Crippen MR) is 80.0 cm³/mol. The van der Waals surface area contributed by atoms with E-state index in [0.717, 1.165) is 22.4 Å². The monoisotopic (exact) mass is 340 g/mol. The van der Waals surface area contributed by atoms with E-state index in [-0.39, 0.29) is 11.9 Å². The van der Waals surface area contributed by atoms with Crippen LogP contribution in [0.2, 0.25) is 0 Å². The van der Waals surface area contributed by atoms with Crippen LogP contribution in [0, 0.1) is 12.7 Å². The minimum absolute atomic E-state index is 0.103. The molecule has 0 bridgehead atoms. The molecule has 0 saturated heterocycles. The highest BCUT2D eigenvalue weighted by atomic mass is 79.9. The van der Waals surface area contributed by atoms with E-state index in [1.807, 2.05) is 25.6 Å². The van der Waals surface area contributed by atoms with Gasteiger partial charge in [-0.3, -0.25) is 9.67 Å². The summed E-state index contributed by atoms with van der Waals surface area (Å²) in [6.45, 7) is 4.72. The third-order valence-corrected chi connectivity index (χ3v) is 4.32.